The molecule has 0 N–H and O–H groups in total. The Morgan fingerprint density at radius 2 is 1.77 bits per heavy atom. The zero-order valence-electron chi connectivity index (χ0n) is 7.01. The molecule has 0 saturated heterocycles. The fourth-order valence-electron chi connectivity index (χ4n) is 0.338. The van der Waals surface area contributed by atoms with E-state index in [1.165, 1.54) is 14.1 Å². The molecule has 0 spiro atoms. The van der Waals surface area contributed by atoms with Crippen LogP contribution in [-0.2, 0) is 14.3 Å². The number of rotatable bonds is 2. The molecule has 7 heteroatoms. The minimum atomic E-state index is -5.05. The van der Waals surface area contributed by atoms with Crippen molar-refractivity contribution in [3.8, 4) is 0 Å². The molecule has 13 heavy (non-hydrogen) atoms. The standard InChI is InChI=1S/C6H8F3NO3/c1-10(2)4(11)3-13-5(12)6(7,8)9/h3H2,1-2H3. The highest BCUT2D eigenvalue weighted by molar-refractivity contribution is 5.82. The lowest BCUT2D eigenvalue weighted by molar-refractivity contribution is -0.200. The molecule has 4 nitrogen and oxygen atoms in total. The summed E-state index contributed by atoms with van der Waals surface area (Å²) in [6.45, 7) is -0.897. The van der Waals surface area contributed by atoms with Gasteiger partial charge >= 0.3 is 12.1 Å². The van der Waals surface area contributed by atoms with Gasteiger partial charge in [-0.25, -0.2) is 4.79 Å². The summed E-state index contributed by atoms with van der Waals surface area (Å²) in [6, 6.07) is 0. The number of carbonyl (C=O) groups is 2. The van der Waals surface area contributed by atoms with Gasteiger partial charge in [-0.1, -0.05) is 0 Å². The SMILES string of the molecule is CN(C)C(=O)COC(=O)C(F)(F)F. The van der Waals surface area contributed by atoms with E-state index in [9.17, 15) is 22.8 Å². The first-order valence-corrected chi connectivity index (χ1v) is 3.19. The van der Waals surface area contributed by atoms with Crippen LogP contribution in [0.2, 0.25) is 0 Å². The molecule has 76 valence electrons. The van der Waals surface area contributed by atoms with Crippen LogP contribution >= 0.6 is 0 Å². The van der Waals surface area contributed by atoms with E-state index < -0.39 is 24.7 Å². The van der Waals surface area contributed by atoms with Crippen LogP contribution in [0.3, 0.4) is 0 Å². The average Bonchev–Trinajstić information content (AvgIpc) is 1.97. The number of hydrogen-bond donors (Lipinski definition) is 0. The van der Waals surface area contributed by atoms with Gasteiger partial charge in [0.2, 0.25) is 0 Å². The molecule has 0 saturated carbocycles. The van der Waals surface area contributed by atoms with Crippen molar-refractivity contribution in [1.29, 1.82) is 0 Å². The smallest absolute Gasteiger partial charge is 0.449 e. The van der Waals surface area contributed by atoms with Gasteiger partial charge in [-0.15, -0.1) is 0 Å². The Morgan fingerprint density at radius 3 is 2.08 bits per heavy atom. The second kappa shape index (κ2) is 4.11. The number of halogens is 3. The summed E-state index contributed by atoms with van der Waals surface area (Å²) in [5.41, 5.74) is 0. The van der Waals surface area contributed by atoms with E-state index in [2.05, 4.69) is 4.74 Å². The van der Waals surface area contributed by atoms with Gasteiger partial charge in [0.05, 0.1) is 0 Å². The van der Waals surface area contributed by atoms with Gasteiger partial charge in [0.25, 0.3) is 5.91 Å². The molecule has 0 heterocycles. The number of hydrogen-bond acceptors (Lipinski definition) is 3. The monoisotopic (exact) mass is 199 g/mol. The number of carbonyl (C=O) groups excluding carboxylic acids is 2. The number of ether oxygens (including phenoxy) is 1. The molecule has 0 aliphatic carbocycles. The van der Waals surface area contributed by atoms with Gasteiger partial charge < -0.3 is 9.64 Å². The van der Waals surface area contributed by atoms with Crippen LogP contribution in [-0.4, -0.2) is 43.7 Å². The third kappa shape index (κ3) is 4.34. The Morgan fingerprint density at radius 1 is 1.31 bits per heavy atom. The van der Waals surface area contributed by atoms with Crippen molar-refractivity contribution < 1.29 is 27.5 Å². The van der Waals surface area contributed by atoms with E-state index in [4.69, 9.17) is 0 Å². The maximum absolute atomic E-state index is 11.5. The minimum absolute atomic E-state index is 0.711. The third-order valence-electron chi connectivity index (χ3n) is 1.06. The molecule has 0 rings (SSSR count). The lowest BCUT2D eigenvalue weighted by Gasteiger charge is -2.11. The Bertz CT molecular complexity index is 212. The Balaban J connectivity index is 3.92. The lowest BCUT2D eigenvalue weighted by Crippen LogP contribution is -2.32. The second-order valence-corrected chi connectivity index (χ2v) is 2.36. The van der Waals surface area contributed by atoms with E-state index in [1.807, 2.05) is 0 Å². The normalized spacial score (nSPS) is 10.8. The quantitative estimate of drug-likeness (QED) is 0.596. The zero-order valence-corrected chi connectivity index (χ0v) is 7.01. The first-order valence-electron chi connectivity index (χ1n) is 3.19. The van der Waals surface area contributed by atoms with Gasteiger partial charge in [-0.2, -0.15) is 13.2 Å². The number of alkyl halides is 3. The Hall–Kier alpha value is -1.27. The molecular formula is C6H8F3NO3. The summed E-state index contributed by atoms with van der Waals surface area (Å²) >= 11 is 0. The molecule has 0 fully saturated rings. The minimum Gasteiger partial charge on any atom is -0.449 e. The summed E-state index contributed by atoms with van der Waals surface area (Å²) in [5.74, 6) is -3.07. The Kier molecular flexibility index (Phi) is 3.70. The highest BCUT2D eigenvalue weighted by Gasteiger charge is 2.41. The molecule has 0 bridgehead atoms. The Labute approximate surface area is 72.3 Å². The average molecular weight is 199 g/mol. The molecular weight excluding hydrogens is 191 g/mol. The molecule has 0 aromatic rings. The third-order valence-corrected chi connectivity index (χ3v) is 1.06. The van der Waals surface area contributed by atoms with Crippen molar-refractivity contribution in [3.63, 3.8) is 0 Å². The molecule has 0 unspecified atom stereocenters. The number of amides is 1. The van der Waals surface area contributed by atoms with E-state index >= 15 is 0 Å². The van der Waals surface area contributed by atoms with Gasteiger partial charge in [-0.3, -0.25) is 4.79 Å². The predicted molar refractivity (Wildman–Crippen MR) is 35.7 cm³/mol. The molecule has 1 amide bonds. The van der Waals surface area contributed by atoms with Crippen LogP contribution in [0.1, 0.15) is 0 Å². The predicted octanol–water partition coefficient (Wildman–Crippen LogP) is 0.180. The largest absolute Gasteiger partial charge is 0.490 e. The summed E-state index contributed by atoms with van der Waals surface area (Å²) < 4.78 is 38.2. The van der Waals surface area contributed by atoms with Crippen LogP contribution in [0, 0.1) is 0 Å². The van der Waals surface area contributed by atoms with Crippen LogP contribution in [0.5, 0.6) is 0 Å². The molecule has 0 atom stereocenters. The van der Waals surface area contributed by atoms with E-state index in [0.717, 1.165) is 4.90 Å². The van der Waals surface area contributed by atoms with Crippen molar-refractivity contribution in [1.82, 2.24) is 4.90 Å². The lowest BCUT2D eigenvalue weighted by atomic mass is 10.6. The molecule has 0 aliphatic rings. The molecule has 0 aromatic heterocycles. The van der Waals surface area contributed by atoms with Gasteiger partial charge in [0.1, 0.15) is 0 Å². The number of nitrogens with zero attached hydrogens (tertiary/aromatic N) is 1. The zero-order chi connectivity index (χ0) is 10.6. The summed E-state index contributed by atoms with van der Waals surface area (Å²) in [7, 11) is 2.67. The van der Waals surface area contributed by atoms with Crippen molar-refractivity contribution in [2.24, 2.45) is 0 Å². The number of likely N-dealkylation sites (N-methyl/N-ethyl adjacent to an activating group) is 1. The maximum atomic E-state index is 11.5. The summed E-state index contributed by atoms with van der Waals surface area (Å²) in [5, 5.41) is 0. The van der Waals surface area contributed by atoms with Crippen LogP contribution in [0.4, 0.5) is 13.2 Å². The fourth-order valence-corrected chi connectivity index (χ4v) is 0.338. The topological polar surface area (TPSA) is 46.6 Å². The van der Waals surface area contributed by atoms with Crippen molar-refractivity contribution >= 4 is 11.9 Å². The van der Waals surface area contributed by atoms with Gasteiger partial charge in [0.15, 0.2) is 6.61 Å². The fraction of sp³-hybridized carbons (Fsp3) is 0.667. The second-order valence-electron chi connectivity index (χ2n) is 2.36. The molecule has 0 radical (unpaired) electrons. The number of esters is 1. The first-order chi connectivity index (χ1) is 5.75. The molecule has 0 aromatic carbocycles. The van der Waals surface area contributed by atoms with Crippen molar-refractivity contribution in [2.45, 2.75) is 6.18 Å². The summed E-state index contributed by atoms with van der Waals surface area (Å²) in [6.07, 6.45) is -5.05. The molecule has 0 aliphatic heterocycles. The van der Waals surface area contributed by atoms with Crippen molar-refractivity contribution in [3.05, 3.63) is 0 Å². The van der Waals surface area contributed by atoms with E-state index in [1.54, 1.807) is 0 Å². The van der Waals surface area contributed by atoms with Crippen LogP contribution in [0.25, 0.3) is 0 Å². The summed E-state index contributed by atoms with van der Waals surface area (Å²) in [4.78, 5) is 21.7. The first kappa shape index (κ1) is 11.7. The highest BCUT2D eigenvalue weighted by Crippen LogP contribution is 2.16. The van der Waals surface area contributed by atoms with Gasteiger partial charge in [0, 0.05) is 14.1 Å². The van der Waals surface area contributed by atoms with Crippen molar-refractivity contribution in [2.75, 3.05) is 20.7 Å². The van der Waals surface area contributed by atoms with Crippen LogP contribution in [0.15, 0.2) is 0 Å². The van der Waals surface area contributed by atoms with E-state index in [0.29, 0.717) is 0 Å². The van der Waals surface area contributed by atoms with Gasteiger partial charge in [-0.05, 0) is 0 Å². The van der Waals surface area contributed by atoms with E-state index in [-0.39, 0.29) is 0 Å². The maximum Gasteiger partial charge on any atom is 0.490 e. The highest BCUT2D eigenvalue weighted by atomic mass is 19.4. The van der Waals surface area contributed by atoms with Crippen LogP contribution < -0.4 is 0 Å².